The van der Waals surface area contributed by atoms with Gasteiger partial charge in [0, 0.05) is 25.3 Å². The van der Waals surface area contributed by atoms with Gasteiger partial charge in [0.2, 0.25) is 5.91 Å². The number of aliphatic hydroxyl groups excluding tert-OH is 2. The minimum atomic E-state index is -0.848. The number of rotatable bonds is 36. The summed E-state index contributed by atoms with van der Waals surface area (Å²) < 4.78 is 5.65. The standard InChI is InChI=1S/C46H81N3O5/c1-4-6-8-10-12-14-16-18-20-22-24-26-28-30-32-34-36-54-46(53)42(37-47-45(52)40-49-38-43(50)44(51)39-49)48-41(3)35-33-31-29-27-25-23-21-19-17-15-13-11-9-7-5-2/h12-15,18-21,42-44,48,50-51H,3-11,16-17,22-40H2,1-2H3,(H,47,52)/b14-12-,15-13-,20-18-,21-19-/t42?,43-,44-/m1/s1. The largest absolute Gasteiger partial charge is 0.464 e. The number of hydrogen-bond acceptors (Lipinski definition) is 7. The molecule has 3 atom stereocenters. The van der Waals surface area contributed by atoms with Crippen LogP contribution < -0.4 is 10.6 Å². The first-order chi connectivity index (χ1) is 26.4. The fourth-order valence-corrected chi connectivity index (χ4v) is 6.48. The smallest absolute Gasteiger partial charge is 0.330 e. The molecule has 0 aliphatic carbocycles. The van der Waals surface area contributed by atoms with Gasteiger partial charge in [-0.3, -0.25) is 9.69 Å². The van der Waals surface area contributed by atoms with Crippen LogP contribution in [0.1, 0.15) is 168 Å². The maximum Gasteiger partial charge on any atom is 0.330 e. The molecule has 8 nitrogen and oxygen atoms in total. The molecule has 0 radical (unpaired) electrons. The Morgan fingerprint density at radius 3 is 1.61 bits per heavy atom. The fraction of sp³-hybridized carbons (Fsp3) is 0.739. The molecule has 1 rings (SSSR count). The Labute approximate surface area is 331 Å². The molecule has 0 bridgehead atoms. The molecule has 8 heteroatoms. The van der Waals surface area contributed by atoms with Crippen LogP contribution in [0.4, 0.5) is 0 Å². The van der Waals surface area contributed by atoms with E-state index < -0.39 is 18.2 Å². The van der Waals surface area contributed by atoms with Crippen LogP contribution in [0.2, 0.25) is 0 Å². The second-order valence-corrected chi connectivity index (χ2v) is 15.2. The molecule has 0 spiro atoms. The zero-order chi connectivity index (χ0) is 39.3. The van der Waals surface area contributed by atoms with Crippen LogP contribution in [0.25, 0.3) is 0 Å². The maximum absolute atomic E-state index is 13.1. The third kappa shape index (κ3) is 29.6. The monoisotopic (exact) mass is 756 g/mol. The van der Waals surface area contributed by atoms with Gasteiger partial charge in [0.05, 0.1) is 25.4 Å². The van der Waals surface area contributed by atoms with Crippen molar-refractivity contribution in [3.05, 3.63) is 60.9 Å². The van der Waals surface area contributed by atoms with Crippen molar-refractivity contribution in [2.75, 3.05) is 32.8 Å². The Morgan fingerprint density at radius 2 is 1.11 bits per heavy atom. The molecular formula is C46H81N3O5. The molecule has 1 saturated heterocycles. The number of esters is 1. The summed E-state index contributed by atoms with van der Waals surface area (Å²) in [6.07, 6.45) is 44.1. The van der Waals surface area contributed by atoms with Crippen LogP contribution in [0.15, 0.2) is 60.9 Å². The average Bonchev–Trinajstić information content (AvgIpc) is 3.47. The lowest BCUT2D eigenvalue weighted by atomic mass is 10.1. The highest BCUT2D eigenvalue weighted by molar-refractivity contribution is 5.80. The summed E-state index contributed by atoms with van der Waals surface area (Å²) in [5.74, 6) is -0.647. The topological polar surface area (TPSA) is 111 Å². The van der Waals surface area contributed by atoms with Crippen molar-refractivity contribution in [2.45, 2.75) is 186 Å². The van der Waals surface area contributed by atoms with Gasteiger partial charge in [-0.25, -0.2) is 4.79 Å². The average molecular weight is 756 g/mol. The van der Waals surface area contributed by atoms with Gasteiger partial charge in [0.1, 0.15) is 6.04 Å². The molecule has 1 amide bonds. The van der Waals surface area contributed by atoms with E-state index in [1.54, 1.807) is 4.90 Å². The molecule has 1 unspecified atom stereocenters. The van der Waals surface area contributed by atoms with Gasteiger partial charge in [-0.2, -0.15) is 0 Å². The Bertz CT molecular complexity index is 1040. The lowest BCUT2D eigenvalue weighted by Gasteiger charge is -2.21. The lowest BCUT2D eigenvalue weighted by molar-refractivity contribution is -0.146. The van der Waals surface area contributed by atoms with E-state index in [1.807, 2.05) is 0 Å². The molecule has 310 valence electrons. The summed E-state index contributed by atoms with van der Waals surface area (Å²) in [5, 5.41) is 25.7. The number of allylic oxidation sites excluding steroid dienone is 9. The van der Waals surface area contributed by atoms with E-state index in [2.05, 4.69) is 79.7 Å². The maximum atomic E-state index is 13.1. The lowest BCUT2D eigenvalue weighted by Crippen LogP contribution is -2.48. The van der Waals surface area contributed by atoms with Crippen molar-refractivity contribution in [1.82, 2.24) is 15.5 Å². The number of β-amino-alcohol motifs (C(OH)–C–C–N with tert-alkyl or cyclic N) is 2. The number of likely N-dealkylation sites (tertiary alicyclic amines) is 1. The minimum Gasteiger partial charge on any atom is -0.464 e. The van der Waals surface area contributed by atoms with E-state index in [1.165, 1.54) is 89.9 Å². The van der Waals surface area contributed by atoms with Crippen molar-refractivity contribution < 1.29 is 24.5 Å². The van der Waals surface area contributed by atoms with Gasteiger partial charge in [0.25, 0.3) is 0 Å². The number of carbonyl (C=O) groups excluding carboxylic acids is 2. The summed E-state index contributed by atoms with van der Waals surface area (Å²) in [5.41, 5.74) is 0.774. The van der Waals surface area contributed by atoms with Crippen LogP contribution in [-0.2, 0) is 14.3 Å². The Morgan fingerprint density at radius 1 is 0.667 bits per heavy atom. The van der Waals surface area contributed by atoms with Crippen LogP contribution in [0.3, 0.4) is 0 Å². The highest BCUT2D eigenvalue weighted by Crippen LogP contribution is 2.13. The van der Waals surface area contributed by atoms with Gasteiger partial charge in [-0.15, -0.1) is 0 Å². The molecule has 54 heavy (non-hydrogen) atoms. The zero-order valence-corrected chi connectivity index (χ0v) is 34.6. The van der Waals surface area contributed by atoms with Crippen LogP contribution in [-0.4, -0.2) is 78.0 Å². The number of unbranched alkanes of at least 4 members (excludes halogenated alkanes) is 17. The third-order valence-electron chi connectivity index (χ3n) is 9.89. The van der Waals surface area contributed by atoms with Gasteiger partial charge >= 0.3 is 5.97 Å². The molecule has 0 saturated carbocycles. The number of nitrogens with zero attached hydrogens (tertiary/aromatic N) is 1. The van der Waals surface area contributed by atoms with Gasteiger partial charge in [-0.05, 0) is 83.5 Å². The summed E-state index contributed by atoms with van der Waals surface area (Å²) in [7, 11) is 0. The van der Waals surface area contributed by atoms with Crippen LogP contribution in [0.5, 0.6) is 0 Å². The molecular weight excluding hydrogens is 675 g/mol. The first kappa shape index (κ1) is 49.3. The number of amides is 1. The summed E-state index contributed by atoms with van der Waals surface area (Å²) >= 11 is 0. The molecule has 0 aromatic heterocycles. The van der Waals surface area contributed by atoms with E-state index >= 15 is 0 Å². The molecule has 1 aliphatic rings. The predicted molar refractivity (Wildman–Crippen MR) is 227 cm³/mol. The molecule has 0 aromatic rings. The summed E-state index contributed by atoms with van der Waals surface area (Å²) in [6, 6.07) is -0.723. The highest BCUT2D eigenvalue weighted by Gasteiger charge is 2.30. The Hall–Kier alpha value is -2.68. The van der Waals surface area contributed by atoms with Crippen LogP contribution >= 0.6 is 0 Å². The minimum absolute atomic E-state index is 0.0512. The van der Waals surface area contributed by atoms with E-state index in [0.717, 1.165) is 69.9 Å². The fourth-order valence-electron chi connectivity index (χ4n) is 6.48. The van der Waals surface area contributed by atoms with Crippen molar-refractivity contribution in [2.24, 2.45) is 0 Å². The molecule has 1 heterocycles. The molecule has 4 N–H and O–H groups in total. The van der Waals surface area contributed by atoms with Crippen molar-refractivity contribution >= 4 is 11.9 Å². The summed E-state index contributed by atoms with van der Waals surface area (Å²) in [4.78, 5) is 27.5. The number of ether oxygens (including phenoxy) is 1. The quantitative estimate of drug-likeness (QED) is 0.0286. The van der Waals surface area contributed by atoms with Crippen molar-refractivity contribution in [1.29, 1.82) is 0 Å². The van der Waals surface area contributed by atoms with Gasteiger partial charge < -0.3 is 25.6 Å². The normalized spacial score (nSPS) is 17.0. The molecule has 1 aliphatic heterocycles. The second-order valence-electron chi connectivity index (χ2n) is 15.2. The molecule has 1 fully saturated rings. The predicted octanol–water partition coefficient (Wildman–Crippen LogP) is 9.78. The highest BCUT2D eigenvalue weighted by atomic mass is 16.5. The number of nitrogens with one attached hydrogen (secondary N) is 2. The third-order valence-corrected chi connectivity index (χ3v) is 9.89. The van der Waals surface area contributed by atoms with Crippen molar-refractivity contribution in [3.63, 3.8) is 0 Å². The van der Waals surface area contributed by atoms with E-state index in [4.69, 9.17) is 4.74 Å². The van der Waals surface area contributed by atoms with Crippen molar-refractivity contribution in [3.8, 4) is 0 Å². The number of hydrogen-bond donors (Lipinski definition) is 4. The van der Waals surface area contributed by atoms with E-state index in [9.17, 15) is 19.8 Å². The second kappa shape index (κ2) is 36.0. The first-order valence-corrected chi connectivity index (χ1v) is 21.9. The summed E-state index contributed by atoms with van der Waals surface area (Å²) in [6.45, 7) is 9.64. The Kier molecular flexibility index (Phi) is 32.9. The number of aliphatic hydroxyl groups is 2. The van der Waals surface area contributed by atoms with Gasteiger partial charge in [0.15, 0.2) is 0 Å². The van der Waals surface area contributed by atoms with E-state index in [-0.39, 0.29) is 38.1 Å². The number of carbonyl (C=O) groups is 2. The molecule has 0 aromatic carbocycles. The van der Waals surface area contributed by atoms with Gasteiger partial charge in [-0.1, -0.05) is 140 Å². The SMILES string of the molecule is C=C(CCCCCCC/C=C\C/C=C\CCCCC)NC(CNC(=O)CN1C[C@@H](O)[C@H](O)C1)C(=O)OCCCCCCCC/C=C\C/C=C\CCCCC. The van der Waals surface area contributed by atoms with E-state index in [0.29, 0.717) is 6.61 Å². The first-order valence-electron chi connectivity index (χ1n) is 21.9. The Balaban J connectivity index is 2.30. The zero-order valence-electron chi connectivity index (χ0n) is 34.6. The van der Waals surface area contributed by atoms with Crippen LogP contribution in [0, 0.1) is 0 Å².